The molecule has 11 nitrogen and oxygen atoms in total. The minimum absolute atomic E-state index is 0.0191. The molecule has 2 aromatic rings. The molecule has 2 aliphatic heterocycles. The summed E-state index contributed by atoms with van der Waals surface area (Å²) < 4.78 is 0. The quantitative estimate of drug-likeness (QED) is 0.307. The second kappa shape index (κ2) is 11.1. The van der Waals surface area contributed by atoms with Gasteiger partial charge in [0.15, 0.2) is 0 Å². The lowest BCUT2D eigenvalue weighted by molar-refractivity contribution is 0.170. The first-order valence-corrected chi connectivity index (χ1v) is 11.1. The lowest BCUT2D eigenvalue weighted by Crippen LogP contribution is -2.42. The third-order valence-electron chi connectivity index (χ3n) is 5.18. The van der Waals surface area contributed by atoms with Crippen molar-refractivity contribution in [2.24, 2.45) is 9.98 Å². The molecule has 0 saturated carbocycles. The molecule has 0 fully saturated rings. The molecule has 4 amide bonds. The highest BCUT2D eigenvalue weighted by Gasteiger charge is 2.12. The van der Waals surface area contributed by atoms with Gasteiger partial charge in [-0.3, -0.25) is 9.98 Å². The van der Waals surface area contributed by atoms with E-state index in [1.54, 1.807) is 24.3 Å². The predicted octanol–water partition coefficient (Wildman–Crippen LogP) is 0.690. The number of aliphatic hydroxyl groups is 1. The number of carbonyl (C=O) groups excluding carboxylic acids is 2. The number of amidine groups is 2. The molecule has 0 aromatic heterocycles. The fourth-order valence-corrected chi connectivity index (χ4v) is 3.45. The van der Waals surface area contributed by atoms with E-state index < -0.39 is 18.2 Å². The van der Waals surface area contributed by atoms with E-state index in [-0.39, 0.29) is 13.1 Å². The van der Waals surface area contributed by atoms with Crippen LogP contribution in [0.5, 0.6) is 0 Å². The van der Waals surface area contributed by atoms with Gasteiger partial charge in [0.1, 0.15) is 11.7 Å². The first kappa shape index (κ1) is 23.1. The van der Waals surface area contributed by atoms with Gasteiger partial charge in [-0.1, -0.05) is 0 Å². The molecule has 7 N–H and O–H groups in total. The van der Waals surface area contributed by atoms with Crippen molar-refractivity contribution in [1.29, 1.82) is 0 Å². The van der Waals surface area contributed by atoms with Gasteiger partial charge in [-0.2, -0.15) is 0 Å². The highest BCUT2D eigenvalue weighted by atomic mass is 16.3. The van der Waals surface area contributed by atoms with Crippen LogP contribution in [0.4, 0.5) is 21.0 Å². The fraction of sp³-hybridized carbons (Fsp3) is 0.304. The van der Waals surface area contributed by atoms with Crippen molar-refractivity contribution in [2.75, 3.05) is 49.9 Å². The molecule has 2 heterocycles. The van der Waals surface area contributed by atoms with Gasteiger partial charge in [0.05, 0.1) is 19.2 Å². The van der Waals surface area contributed by atoms with Crippen LogP contribution in [0.3, 0.4) is 0 Å². The van der Waals surface area contributed by atoms with Crippen molar-refractivity contribution >= 4 is 35.1 Å². The average molecular weight is 465 g/mol. The van der Waals surface area contributed by atoms with Gasteiger partial charge in [-0.15, -0.1) is 0 Å². The number of hydrogen-bond acceptors (Lipinski definition) is 7. The third kappa shape index (κ3) is 6.45. The Morgan fingerprint density at radius 2 is 1.18 bits per heavy atom. The highest BCUT2D eigenvalue weighted by Crippen LogP contribution is 2.12. The first-order valence-electron chi connectivity index (χ1n) is 11.1. The van der Waals surface area contributed by atoms with Crippen molar-refractivity contribution in [2.45, 2.75) is 6.10 Å². The molecular weight excluding hydrogens is 436 g/mol. The Labute approximate surface area is 197 Å². The van der Waals surface area contributed by atoms with E-state index >= 15 is 0 Å². The smallest absolute Gasteiger partial charge is 0.319 e. The monoisotopic (exact) mass is 464 g/mol. The van der Waals surface area contributed by atoms with Crippen molar-refractivity contribution in [1.82, 2.24) is 21.3 Å². The number of aliphatic hydroxyl groups excluding tert-OH is 1. The van der Waals surface area contributed by atoms with Crippen molar-refractivity contribution in [3.63, 3.8) is 0 Å². The summed E-state index contributed by atoms with van der Waals surface area (Å²) in [5.74, 6) is 1.70. The number of anilines is 2. The van der Waals surface area contributed by atoms with E-state index in [0.29, 0.717) is 11.4 Å². The second-order valence-electron chi connectivity index (χ2n) is 7.79. The number of urea groups is 2. The minimum Gasteiger partial charge on any atom is -0.389 e. The number of benzene rings is 2. The van der Waals surface area contributed by atoms with Gasteiger partial charge in [0.2, 0.25) is 0 Å². The van der Waals surface area contributed by atoms with Crippen LogP contribution in [0.2, 0.25) is 0 Å². The molecule has 2 aliphatic rings. The van der Waals surface area contributed by atoms with Gasteiger partial charge in [-0.25, -0.2) is 9.59 Å². The number of amides is 4. The van der Waals surface area contributed by atoms with Crippen molar-refractivity contribution in [3.05, 3.63) is 59.7 Å². The van der Waals surface area contributed by atoms with E-state index in [1.165, 1.54) is 0 Å². The number of nitrogens with zero attached hydrogens (tertiary/aromatic N) is 2. The zero-order valence-corrected chi connectivity index (χ0v) is 18.6. The fourth-order valence-electron chi connectivity index (χ4n) is 3.45. The molecule has 0 spiro atoms. The summed E-state index contributed by atoms with van der Waals surface area (Å²) in [6, 6.07) is 13.7. The van der Waals surface area contributed by atoms with Gasteiger partial charge in [0.25, 0.3) is 0 Å². The summed E-state index contributed by atoms with van der Waals surface area (Å²) in [7, 11) is 0. The molecule has 11 heteroatoms. The van der Waals surface area contributed by atoms with Gasteiger partial charge >= 0.3 is 12.1 Å². The zero-order valence-electron chi connectivity index (χ0n) is 18.6. The standard InChI is InChI=1S/C23H28N8O3/c32-19(13-28-22(33)30-17-5-1-15(2-6-17)20-24-9-10-25-20)14-29-23(34)31-18-7-3-16(4-8-18)21-26-11-12-27-21/h1-8,19,32H,9-14H2,(H,24,25)(H,26,27)(H2,28,30,33)(H2,29,31,34). The van der Waals surface area contributed by atoms with Crippen molar-refractivity contribution in [3.8, 4) is 0 Å². The van der Waals surface area contributed by atoms with Crippen LogP contribution in [0.15, 0.2) is 58.5 Å². The molecule has 0 saturated heterocycles. The Balaban J connectivity index is 1.13. The summed E-state index contributed by atoms with van der Waals surface area (Å²) in [5.41, 5.74) is 3.15. The summed E-state index contributed by atoms with van der Waals surface area (Å²) >= 11 is 0. The largest absolute Gasteiger partial charge is 0.389 e. The van der Waals surface area contributed by atoms with Crippen LogP contribution in [-0.2, 0) is 0 Å². The number of carbonyl (C=O) groups is 2. The molecule has 178 valence electrons. The molecule has 0 bridgehead atoms. The van der Waals surface area contributed by atoms with E-state index in [1.807, 2.05) is 24.3 Å². The first-order chi connectivity index (χ1) is 16.6. The molecule has 34 heavy (non-hydrogen) atoms. The predicted molar refractivity (Wildman–Crippen MR) is 132 cm³/mol. The second-order valence-corrected chi connectivity index (χ2v) is 7.79. The lowest BCUT2D eigenvalue weighted by atomic mass is 10.2. The van der Waals surface area contributed by atoms with Crippen LogP contribution in [0, 0.1) is 0 Å². The number of hydrogen-bond donors (Lipinski definition) is 7. The number of aliphatic imine (C=N–C) groups is 2. The average Bonchev–Trinajstić information content (AvgIpc) is 3.57. The molecule has 0 aliphatic carbocycles. The summed E-state index contributed by atoms with van der Waals surface area (Å²) in [6.07, 6.45) is -0.945. The summed E-state index contributed by atoms with van der Waals surface area (Å²) in [4.78, 5) is 32.9. The van der Waals surface area contributed by atoms with E-state index in [0.717, 1.165) is 49.0 Å². The molecular formula is C23H28N8O3. The van der Waals surface area contributed by atoms with Gasteiger partial charge < -0.3 is 37.0 Å². The van der Waals surface area contributed by atoms with E-state index in [9.17, 15) is 14.7 Å². The topological polar surface area (TPSA) is 151 Å². The van der Waals surface area contributed by atoms with Gasteiger partial charge in [-0.05, 0) is 48.5 Å². The van der Waals surface area contributed by atoms with Crippen LogP contribution in [-0.4, -0.2) is 74.2 Å². The lowest BCUT2D eigenvalue weighted by Gasteiger charge is -2.14. The maximum absolute atomic E-state index is 12.1. The normalized spacial score (nSPS) is 14.5. The van der Waals surface area contributed by atoms with Crippen LogP contribution in [0.1, 0.15) is 11.1 Å². The Morgan fingerprint density at radius 1 is 0.765 bits per heavy atom. The summed E-state index contributed by atoms with van der Waals surface area (Å²) in [5, 5.41) is 27.0. The van der Waals surface area contributed by atoms with Crippen LogP contribution < -0.4 is 31.9 Å². The highest BCUT2D eigenvalue weighted by molar-refractivity contribution is 6.01. The minimum atomic E-state index is -0.945. The Kier molecular flexibility index (Phi) is 7.56. The number of nitrogens with one attached hydrogen (secondary N) is 6. The van der Waals surface area contributed by atoms with Crippen LogP contribution in [0.25, 0.3) is 0 Å². The molecule has 4 rings (SSSR count). The Morgan fingerprint density at radius 3 is 1.53 bits per heavy atom. The number of rotatable bonds is 8. The van der Waals surface area contributed by atoms with E-state index in [2.05, 4.69) is 41.9 Å². The molecule has 0 unspecified atom stereocenters. The zero-order chi connectivity index (χ0) is 23.8. The molecule has 0 atom stereocenters. The maximum atomic E-state index is 12.1. The Bertz CT molecular complexity index is 981. The molecule has 2 aromatic carbocycles. The van der Waals surface area contributed by atoms with Crippen molar-refractivity contribution < 1.29 is 14.7 Å². The SMILES string of the molecule is O=C(NCC(O)CNC(=O)Nc1ccc(C2=NCCN2)cc1)Nc1ccc(C2=NCCN2)cc1. The van der Waals surface area contributed by atoms with Gasteiger partial charge in [0, 0.05) is 48.7 Å². The Hall–Kier alpha value is -4.12. The summed E-state index contributed by atoms with van der Waals surface area (Å²) in [6.45, 7) is 3.15. The molecule has 0 radical (unpaired) electrons. The van der Waals surface area contributed by atoms with E-state index in [4.69, 9.17) is 0 Å². The van der Waals surface area contributed by atoms with Crippen LogP contribution >= 0.6 is 0 Å². The third-order valence-corrected chi connectivity index (χ3v) is 5.18. The maximum Gasteiger partial charge on any atom is 0.319 e.